The maximum absolute atomic E-state index is 12.8. The Morgan fingerprint density at radius 2 is 1.84 bits per heavy atom. The first kappa shape index (κ1) is 17.3. The van der Waals surface area contributed by atoms with E-state index in [0.717, 1.165) is 6.42 Å². The van der Waals surface area contributed by atoms with Crippen molar-refractivity contribution in [2.75, 3.05) is 40.3 Å². The minimum Gasteiger partial charge on any atom is -0.347 e. The number of hydrogen-bond donors (Lipinski definition) is 0. The number of carbonyl (C=O) groups is 3. The van der Waals surface area contributed by atoms with Crippen LogP contribution in [0.25, 0.3) is 0 Å². The lowest BCUT2D eigenvalue weighted by atomic mass is 9.77. The molecule has 8 heteroatoms. The second kappa shape index (κ2) is 6.78. The predicted octanol–water partition coefficient (Wildman–Crippen LogP) is 0.0195. The van der Waals surface area contributed by atoms with Crippen LogP contribution in [0.2, 0.25) is 0 Å². The third-order valence-electron chi connectivity index (χ3n) is 5.22. The summed E-state index contributed by atoms with van der Waals surface area (Å²) in [6, 6.07) is 0. The molecular weight excluding hydrogens is 322 g/mol. The molecule has 1 aromatic rings. The van der Waals surface area contributed by atoms with Crippen LogP contribution in [0.3, 0.4) is 0 Å². The summed E-state index contributed by atoms with van der Waals surface area (Å²) in [4.78, 5) is 50.0. The van der Waals surface area contributed by atoms with E-state index in [2.05, 4.69) is 9.97 Å². The van der Waals surface area contributed by atoms with Gasteiger partial charge in [0.1, 0.15) is 5.69 Å². The molecule has 134 valence electrons. The van der Waals surface area contributed by atoms with Crippen molar-refractivity contribution in [2.45, 2.75) is 19.3 Å². The van der Waals surface area contributed by atoms with Crippen molar-refractivity contribution < 1.29 is 14.4 Å². The quantitative estimate of drug-likeness (QED) is 0.771. The molecule has 0 aliphatic carbocycles. The maximum atomic E-state index is 12.8. The highest BCUT2D eigenvalue weighted by atomic mass is 16.2. The van der Waals surface area contributed by atoms with Crippen LogP contribution in [-0.2, 0) is 9.59 Å². The number of likely N-dealkylation sites (N-methyl/N-ethyl adjacent to an activating group) is 1. The van der Waals surface area contributed by atoms with Gasteiger partial charge in [0.2, 0.25) is 11.8 Å². The second-order valence-corrected chi connectivity index (χ2v) is 6.93. The van der Waals surface area contributed by atoms with Crippen molar-refractivity contribution in [3.05, 3.63) is 24.3 Å². The molecule has 3 rings (SSSR count). The summed E-state index contributed by atoms with van der Waals surface area (Å²) < 4.78 is 0. The van der Waals surface area contributed by atoms with Gasteiger partial charge in [-0.15, -0.1) is 0 Å². The average Bonchev–Trinajstić information content (AvgIpc) is 2.92. The number of aromatic nitrogens is 2. The zero-order valence-electron chi connectivity index (χ0n) is 14.6. The summed E-state index contributed by atoms with van der Waals surface area (Å²) in [5.41, 5.74) is -0.0967. The van der Waals surface area contributed by atoms with Gasteiger partial charge >= 0.3 is 0 Å². The molecule has 8 nitrogen and oxygen atoms in total. The van der Waals surface area contributed by atoms with Gasteiger partial charge in [-0.25, -0.2) is 4.98 Å². The topological polar surface area (TPSA) is 86.7 Å². The molecule has 1 spiro atoms. The molecule has 0 bridgehead atoms. The Morgan fingerprint density at radius 1 is 1.16 bits per heavy atom. The van der Waals surface area contributed by atoms with Gasteiger partial charge in [0.15, 0.2) is 0 Å². The fourth-order valence-corrected chi connectivity index (χ4v) is 3.52. The molecule has 2 aliphatic rings. The summed E-state index contributed by atoms with van der Waals surface area (Å²) in [6.07, 6.45) is 6.50. The van der Waals surface area contributed by atoms with Crippen molar-refractivity contribution in [3.8, 4) is 0 Å². The van der Waals surface area contributed by atoms with Gasteiger partial charge in [-0.05, 0) is 19.3 Å². The molecule has 0 unspecified atom stereocenters. The largest absolute Gasteiger partial charge is 0.347 e. The Hall–Kier alpha value is -2.51. The third kappa shape index (κ3) is 3.33. The van der Waals surface area contributed by atoms with E-state index in [4.69, 9.17) is 0 Å². The summed E-state index contributed by atoms with van der Waals surface area (Å²) in [5, 5.41) is 0. The van der Waals surface area contributed by atoms with E-state index >= 15 is 0 Å². The van der Waals surface area contributed by atoms with E-state index in [1.165, 1.54) is 23.5 Å². The minimum absolute atomic E-state index is 0.0503. The maximum Gasteiger partial charge on any atom is 0.274 e. The molecule has 25 heavy (non-hydrogen) atoms. The minimum atomic E-state index is -0.425. The van der Waals surface area contributed by atoms with Gasteiger partial charge in [-0.1, -0.05) is 0 Å². The molecule has 2 aliphatic heterocycles. The van der Waals surface area contributed by atoms with E-state index in [1.54, 1.807) is 23.9 Å². The molecule has 0 aromatic carbocycles. The van der Waals surface area contributed by atoms with Gasteiger partial charge in [0.05, 0.1) is 18.2 Å². The molecule has 2 fully saturated rings. The van der Waals surface area contributed by atoms with Crippen LogP contribution in [0.15, 0.2) is 18.6 Å². The molecule has 0 saturated carbocycles. The number of piperidine rings is 1. The summed E-state index contributed by atoms with van der Waals surface area (Å²) >= 11 is 0. The van der Waals surface area contributed by atoms with E-state index in [1.807, 2.05) is 0 Å². The molecule has 1 aromatic heterocycles. The van der Waals surface area contributed by atoms with E-state index in [0.29, 0.717) is 38.2 Å². The number of nitrogens with zero attached hydrogens (tertiary/aromatic N) is 5. The van der Waals surface area contributed by atoms with Crippen LogP contribution in [0, 0.1) is 5.41 Å². The monoisotopic (exact) mass is 345 g/mol. The highest BCUT2D eigenvalue weighted by Crippen LogP contribution is 2.41. The summed E-state index contributed by atoms with van der Waals surface area (Å²) in [6.45, 7) is 1.79. The molecule has 2 saturated heterocycles. The van der Waals surface area contributed by atoms with Gasteiger partial charge in [-0.3, -0.25) is 19.4 Å². The fraction of sp³-hybridized carbons (Fsp3) is 0.588. The van der Waals surface area contributed by atoms with Crippen molar-refractivity contribution >= 4 is 17.7 Å². The SMILES string of the molecule is CN(C)C(=O)CN1CCC2(CCN(C(=O)c3cnccn3)CC2)C1=O. The second-order valence-electron chi connectivity index (χ2n) is 6.93. The third-order valence-corrected chi connectivity index (χ3v) is 5.22. The van der Waals surface area contributed by atoms with Crippen LogP contribution in [0.1, 0.15) is 29.8 Å². The molecule has 3 heterocycles. The van der Waals surface area contributed by atoms with Crippen molar-refractivity contribution in [1.82, 2.24) is 24.7 Å². The van der Waals surface area contributed by atoms with Crippen LogP contribution in [0.4, 0.5) is 0 Å². The average molecular weight is 345 g/mol. The number of hydrogen-bond acceptors (Lipinski definition) is 5. The van der Waals surface area contributed by atoms with Crippen molar-refractivity contribution in [2.24, 2.45) is 5.41 Å². The molecule has 0 radical (unpaired) electrons. The first-order chi connectivity index (χ1) is 11.9. The van der Waals surface area contributed by atoms with Gasteiger partial charge in [0, 0.05) is 46.1 Å². The first-order valence-corrected chi connectivity index (χ1v) is 8.48. The van der Waals surface area contributed by atoms with Crippen LogP contribution < -0.4 is 0 Å². The van der Waals surface area contributed by atoms with Crippen LogP contribution in [0.5, 0.6) is 0 Å². The highest BCUT2D eigenvalue weighted by molar-refractivity contribution is 5.93. The lowest BCUT2D eigenvalue weighted by Crippen LogP contribution is -2.47. The Balaban J connectivity index is 1.61. The van der Waals surface area contributed by atoms with Crippen LogP contribution in [-0.4, -0.2) is 82.7 Å². The smallest absolute Gasteiger partial charge is 0.274 e. The van der Waals surface area contributed by atoms with Gasteiger partial charge < -0.3 is 14.7 Å². The molecule has 0 atom stereocenters. The zero-order chi connectivity index (χ0) is 18.0. The number of likely N-dealkylation sites (tertiary alicyclic amines) is 2. The van der Waals surface area contributed by atoms with Gasteiger partial charge in [-0.2, -0.15) is 0 Å². The van der Waals surface area contributed by atoms with Crippen molar-refractivity contribution in [1.29, 1.82) is 0 Å². The van der Waals surface area contributed by atoms with Gasteiger partial charge in [0.25, 0.3) is 5.91 Å². The molecular formula is C17H23N5O3. The Labute approximate surface area is 146 Å². The molecule has 3 amide bonds. The predicted molar refractivity (Wildman–Crippen MR) is 89.5 cm³/mol. The Bertz CT molecular complexity index is 668. The Morgan fingerprint density at radius 3 is 2.44 bits per heavy atom. The fourth-order valence-electron chi connectivity index (χ4n) is 3.52. The standard InChI is InChI=1S/C17H23N5O3/c1-20(2)14(23)12-22-10-5-17(16(22)25)3-8-21(9-4-17)15(24)13-11-18-6-7-19-13/h6-7,11H,3-5,8-10,12H2,1-2H3. The summed E-state index contributed by atoms with van der Waals surface area (Å²) in [5.74, 6) is -0.164. The van der Waals surface area contributed by atoms with Crippen LogP contribution >= 0.6 is 0 Å². The van der Waals surface area contributed by atoms with E-state index < -0.39 is 5.41 Å². The normalized spacial score (nSPS) is 19.4. The lowest BCUT2D eigenvalue weighted by Gasteiger charge is -2.37. The van der Waals surface area contributed by atoms with E-state index in [-0.39, 0.29) is 24.3 Å². The zero-order valence-corrected chi connectivity index (χ0v) is 14.6. The van der Waals surface area contributed by atoms with E-state index in [9.17, 15) is 14.4 Å². The molecule has 0 N–H and O–H groups in total. The lowest BCUT2D eigenvalue weighted by molar-refractivity contribution is -0.142. The first-order valence-electron chi connectivity index (χ1n) is 8.48. The summed E-state index contributed by atoms with van der Waals surface area (Å²) in [7, 11) is 3.38. The van der Waals surface area contributed by atoms with Crippen molar-refractivity contribution in [3.63, 3.8) is 0 Å². The Kier molecular flexibility index (Phi) is 4.69. The highest BCUT2D eigenvalue weighted by Gasteiger charge is 2.49. The number of amides is 3. The number of carbonyl (C=O) groups excluding carboxylic acids is 3. The number of rotatable bonds is 3.